The molecule has 216 valence electrons. The van der Waals surface area contributed by atoms with E-state index in [2.05, 4.69) is 25.6 Å². The van der Waals surface area contributed by atoms with Gasteiger partial charge in [-0.2, -0.15) is 18.2 Å². The summed E-state index contributed by atoms with van der Waals surface area (Å²) < 4.78 is 77.7. The minimum atomic E-state index is -4.75. The summed E-state index contributed by atoms with van der Waals surface area (Å²) in [5.41, 5.74) is 1.33. The number of nitrogens with zero attached hydrogens (tertiary/aromatic N) is 4. The largest absolute Gasteiger partial charge is 0.421 e. The van der Waals surface area contributed by atoms with Gasteiger partial charge >= 0.3 is 6.18 Å². The molecule has 3 N–H and O–H groups in total. The summed E-state index contributed by atoms with van der Waals surface area (Å²) in [5.74, 6) is -0.533. The van der Waals surface area contributed by atoms with Gasteiger partial charge in [0.25, 0.3) is 0 Å². The Bertz CT molecular complexity index is 1670. The zero-order chi connectivity index (χ0) is 29.8. The maximum Gasteiger partial charge on any atom is 0.421 e. The van der Waals surface area contributed by atoms with Crippen molar-refractivity contribution in [3.8, 4) is 0 Å². The second-order valence-corrected chi connectivity index (χ2v) is 12.1. The quantitative estimate of drug-likeness (QED) is 0.225. The molecule has 15 heteroatoms. The Balaban J connectivity index is 1.54. The molecule has 0 bridgehead atoms. The predicted molar refractivity (Wildman–Crippen MR) is 152 cm³/mol. The third kappa shape index (κ3) is 7.60. The van der Waals surface area contributed by atoms with Crippen LogP contribution in [0.4, 0.5) is 36.4 Å². The van der Waals surface area contributed by atoms with Gasteiger partial charge in [0.1, 0.15) is 17.2 Å². The number of nitrogens with one attached hydrogen (secondary N) is 2. The number of benzene rings is 2. The zero-order valence-electron chi connectivity index (χ0n) is 21.8. The van der Waals surface area contributed by atoms with Crippen molar-refractivity contribution in [2.75, 3.05) is 28.2 Å². The maximum atomic E-state index is 13.7. The van der Waals surface area contributed by atoms with E-state index in [1.165, 1.54) is 13.2 Å². The maximum absolute atomic E-state index is 13.7. The standard InChI is InChI=1S/C26H26F3N6O4PS/c1-35(41(2,38)39)24-19(7-5-13-30-24)15-31-23-21(26(27,28)29)16-32-25(34-23)33-20-11-9-17(10-12-20)14-18-6-3-4-8-22(18)40(36)37/h3-13,16,40H,14-15H2,1-2H3,(H,36,37)(H2,31,32,33,34). The Morgan fingerprint density at radius 3 is 2.34 bits per heavy atom. The molecule has 1 unspecified atom stereocenters. The molecule has 41 heavy (non-hydrogen) atoms. The van der Waals surface area contributed by atoms with Gasteiger partial charge < -0.3 is 15.5 Å². The number of halogens is 3. The Morgan fingerprint density at radius 1 is 1.00 bits per heavy atom. The van der Waals surface area contributed by atoms with Crippen LogP contribution in [-0.4, -0.2) is 41.6 Å². The average Bonchev–Trinajstić information content (AvgIpc) is 2.92. The number of hydrogen-bond acceptors (Lipinski definition) is 8. The average molecular weight is 607 g/mol. The van der Waals surface area contributed by atoms with Gasteiger partial charge in [0.15, 0.2) is 0 Å². The fraction of sp³-hybridized carbons (Fsp3) is 0.192. The lowest BCUT2D eigenvalue weighted by Gasteiger charge is -2.20. The Labute approximate surface area is 235 Å². The molecule has 2 aromatic heterocycles. The van der Waals surface area contributed by atoms with Gasteiger partial charge in [-0.15, -0.1) is 0 Å². The van der Waals surface area contributed by atoms with E-state index in [1.807, 2.05) is 0 Å². The molecule has 0 saturated carbocycles. The number of hydrogen-bond donors (Lipinski definition) is 3. The smallest absolute Gasteiger partial charge is 0.365 e. The van der Waals surface area contributed by atoms with E-state index in [0.717, 1.165) is 21.7 Å². The molecule has 2 heterocycles. The van der Waals surface area contributed by atoms with Crippen LogP contribution in [0.2, 0.25) is 0 Å². The molecule has 10 nitrogen and oxygen atoms in total. The highest BCUT2D eigenvalue weighted by molar-refractivity contribution is 7.92. The Hall–Kier alpha value is -4.00. The highest BCUT2D eigenvalue weighted by Gasteiger charge is 2.35. The van der Waals surface area contributed by atoms with Gasteiger partial charge in [-0.3, -0.25) is 8.87 Å². The second kappa shape index (κ2) is 12.2. The van der Waals surface area contributed by atoms with Crippen LogP contribution in [0.3, 0.4) is 0 Å². The zero-order valence-corrected chi connectivity index (χ0v) is 23.7. The molecule has 0 aliphatic carbocycles. The van der Waals surface area contributed by atoms with Gasteiger partial charge in [0.05, 0.1) is 6.26 Å². The third-order valence-electron chi connectivity index (χ3n) is 6.06. The van der Waals surface area contributed by atoms with Crippen molar-refractivity contribution in [1.82, 2.24) is 15.0 Å². The van der Waals surface area contributed by atoms with Crippen LogP contribution in [0.25, 0.3) is 0 Å². The van der Waals surface area contributed by atoms with Crippen LogP contribution in [0, 0.1) is 0 Å². The third-order valence-corrected chi connectivity index (χ3v) is 8.17. The molecule has 0 aliphatic rings. The van der Waals surface area contributed by atoms with E-state index in [1.54, 1.807) is 60.7 Å². The van der Waals surface area contributed by atoms with Crippen molar-refractivity contribution in [3.05, 3.63) is 95.3 Å². The van der Waals surface area contributed by atoms with E-state index in [9.17, 15) is 31.0 Å². The van der Waals surface area contributed by atoms with E-state index >= 15 is 0 Å². The van der Waals surface area contributed by atoms with E-state index < -0.39 is 35.6 Å². The number of aromatic nitrogens is 3. The van der Waals surface area contributed by atoms with E-state index in [-0.39, 0.29) is 18.3 Å². The van der Waals surface area contributed by atoms with Gasteiger partial charge in [0.2, 0.25) is 24.0 Å². The molecule has 4 aromatic rings. The molecule has 4 rings (SSSR count). The summed E-state index contributed by atoms with van der Waals surface area (Å²) >= 11 is 0. The van der Waals surface area contributed by atoms with Gasteiger partial charge in [-0.25, -0.2) is 18.4 Å². The van der Waals surface area contributed by atoms with Crippen molar-refractivity contribution in [1.29, 1.82) is 0 Å². The number of alkyl halides is 3. The Morgan fingerprint density at radius 2 is 1.68 bits per heavy atom. The van der Waals surface area contributed by atoms with Gasteiger partial charge in [0, 0.05) is 42.5 Å². The van der Waals surface area contributed by atoms with Crippen molar-refractivity contribution < 1.29 is 31.0 Å². The topological polar surface area (TPSA) is 137 Å². The monoisotopic (exact) mass is 606 g/mol. The van der Waals surface area contributed by atoms with Gasteiger partial charge in [-0.05, 0) is 41.8 Å². The minimum Gasteiger partial charge on any atom is -0.365 e. The van der Waals surface area contributed by atoms with Crippen LogP contribution in [0.5, 0.6) is 0 Å². The summed E-state index contributed by atoms with van der Waals surface area (Å²) in [6.45, 7) is -0.196. The molecule has 0 amide bonds. The van der Waals surface area contributed by atoms with Crippen LogP contribution in [0.1, 0.15) is 22.3 Å². The molecular weight excluding hydrogens is 580 g/mol. The fourth-order valence-corrected chi connectivity index (χ4v) is 5.07. The highest BCUT2D eigenvalue weighted by Crippen LogP contribution is 2.34. The summed E-state index contributed by atoms with van der Waals surface area (Å²) in [5, 5.41) is 5.91. The second-order valence-electron chi connectivity index (χ2n) is 8.98. The normalized spacial score (nSPS) is 12.5. The van der Waals surface area contributed by atoms with Crippen LogP contribution < -0.4 is 20.2 Å². The van der Waals surface area contributed by atoms with Crippen molar-refractivity contribution in [2.45, 2.75) is 19.1 Å². The predicted octanol–water partition coefficient (Wildman–Crippen LogP) is 4.33. The molecule has 0 fully saturated rings. The van der Waals surface area contributed by atoms with Crippen molar-refractivity contribution in [2.24, 2.45) is 0 Å². The van der Waals surface area contributed by atoms with E-state index in [0.29, 0.717) is 29.2 Å². The molecule has 1 atom stereocenters. The SMILES string of the molecule is CN(c1ncccc1CNc1nc(Nc2ccc(Cc3ccccc3[PH](=O)O)cc2)ncc1C(F)(F)F)S(C)(=O)=O. The minimum absolute atomic E-state index is 0.0673. The van der Waals surface area contributed by atoms with Crippen LogP contribution in [-0.2, 0) is 33.7 Å². The van der Waals surface area contributed by atoms with Crippen molar-refractivity contribution >= 4 is 46.6 Å². The first kappa shape index (κ1) is 30.0. The molecule has 0 saturated heterocycles. The molecule has 0 radical (unpaired) electrons. The number of pyridine rings is 1. The Kier molecular flexibility index (Phi) is 8.95. The lowest BCUT2D eigenvalue weighted by molar-refractivity contribution is -0.137. The summed E-state index contributed by atoms with van der Waals surface area (Å²) in [4.78, 5) is 21.5. The van der Waals surface area contributed by atoms with Crippen molar-refractivity contribution in [3.63, 3.8) is 0 Å². The molecule has 2 aromatic carbocycles. The first-order valence-corrected chi connectivity index (χ1v) is 15.3. The first-order chi connectivity index (χ1) is 19.3. The molecule has 0 spiro atoms. The summed E-state index contributed by atoms with van der Waals surface area (Å²) in [7, 11) is -5.22. The number of anilines is 4. The fourth-order valence-electron chi connectivity index (χ4n) is 3.91. The first-order valence-electron chi connectivity index (χ1n) is 12.1. The van der Waals surface area contributed by atoms with Gasteiger partial charge in [-0.1, -0.05) is 36.4 Å². The summed E-state index contributed by atoms with van der Waals surface area (Å²) in [6, 6.07) is 16.9. The number of rotatable bonds is 10. The molecule has 0 aliphatic heterocycles. The van der Waals surface area contributed by atoms with E-state index in [4.69, 9.17) is 0 Å². The lowest BCUT2D eigenvalue weighted by Crippen LogP contribution is -2.27. The molecular formula is C26H26F3N6O4PS. The summed E-state index contributed by atoms with van der Waals surface area (Å²) in [6.07, 6.45) is -1.30. The highest BCUT2D eigenvalue weighted by atomic mass is 32.2. The van der Waals surface area contributed by atoms with Crippen LogP contribution in [0.15, 0.2) is 73.1 Å². The lowest BCUT2D eigenvalue weighted by atomic mass is 10.0. The van der Waals surface area contributed by atoms with Crippen LogP contribution >= 0.6 is 8.03 Å². The number of sulfonamides is 1.